The second-order valence-electron chi connectivity index (χ2n) is 9.17. The van der Waals surface area contributed by atoms with Crippen molar-refractivity contribution in [3.8, 4) is 0 Å². The largest absolute Gasteiger partial charge is 0.418 e. The number of halogens is 6. The first-order valence-corrected chi connectivity index (χ1v) is 10.8. The van der Waals surface area contributed by atoms with Gasteiger partial charge >= 0.3 is 12.4 Å². The zero-order chi connectivity index (χ0) is 26.7. The van der Waals surface area contributed by atoms with Gasteiger partial charge in [0.25, 0.3) is 5.91 Å². The summed E-state index contributed by atoms with van der Waals surface area (Å²) in [5.74, 6) is -0.835. The molecule has 3 aliphatic heterocycles. The molecular formula is C23H24F6N6O. The minimum Gasteiger partial charge on any atom is -0.367 e. The third-order valence-corrected chi connectivity index (χ3v) is 6.71. The van der Waals surface area contributed by atoms with Crippen LogP contribution in [0.2, 0.25) is 0 Å². The Morgan fingerprint density at radius 3 is 2.08 bits per heavy atom. The van der Waals surface area contributed by atoms with E-state index in [1.807, 2.05) is 0 Å². The Morgan fingerprint density at radius 1 is 1.00 bits per heavy atom. The number of aliphatic imine (C=N–C) groups is 1. The number of anilines is 1. The molecule has 1 amide bonds. The van der Waals surface area contributed by atoms with E-state index in [9.17, 15) is 31.1 Å². The summed E-state index contributed by atoms with van der Waals surface area (Å²) in [6.07, 6.45) is -6.51. The molecule has 2 atom stereocenters. The molecule has 3 aliphatic rings. The van der Waals surface area contributed by atoms with Crippen LogP contribution in [0.15, 0.2) is 65.5 Å². The average molecular weight is 514 g/mol. The highest BCUT2D eigenvalue weighted by Gasteiger charge is 2.61. The Morgan fingerprint density at radius 2 is 1.58 bits per heavy atom. The maximum Gasteiger partial charge on any atom is 0.418 e. The fourth-order valence-corrected chi connectivity index (χ4v) is 4.89. The van der Waals surface area contributed by atoms with Crippen LogP contribution in [-0.2, 0) is 11.0 Å². The van der Waals surface area contributed by atoms with Crippen LogP contribution in [0.3, 0.4) is 0 Å². The summed E-state index contributed by atoms with van der Waals surface area (Å²) < 4.78 is 79.6. The third-order valence-electron chi connectivity index (χ3n) is 6.71. The number of para-hydroxylation sites is 1. The highest BCUT2D eigenvalue weighted by molar-refractivity contribution is 6.38. The predicted molar refractivity (Wildman–Crippen MR) is 122 cm³/mol. The maximum atomic E-state index is 13.5. The second-order valence-corrected chi connectivity index (χ2v) is 9.17. The van der Waals surface area contributed by atoms with Crippen molar-refractivity contribution in [1.29, 1.82) is 0 Å². The predicted octanol–water partition coefficient (Wildman–Crippen LogP) is 2.62. The van der Waals surface area contributed by atoms with Gasteiger partial charge in [-0.25, -0.2) is 0 Å². The number of hydrogen-bond acceptors (Lipinski definition) is 5. The summed E-state index contributed by atoms with van der Waals surface area (Å²) >= 11 is 0. The van der Waals surface area contributed by atoms with Gasteiger partial charge in [0.2, 0.25) is 0 Å². The first-order chi connectivity index (χ1) is 16.6. The molecule has 0 unspecified atom stereocenters. The minimum atomic E-state index is -4.58. The number of carbonyl (C=O) groups excluding carboxylic acids is 1. The van der Waals surface area contributed by atoms with Gasteiger partial charge in [0.1, 0.15) is 0 Å². The summed E-state index contributed by atoms with van der Waals surface area (Å²) in [7, 11) is 1.31. The molecule has 3 heterocycles. The number of amidine groups is 1. The first-order valence-electron chi connectivity index (χ1n) is 10.8. The van der Waals surface area contributed by atoms with E-state index in [4.69, 9.17) is 11.5 Å². The quantitative estimate of drug-likeness (QED) is 0.342. The van der Waals surface area contributed by atoms with Gasteiger partial charge in [-0.1, -0.05) is 18.7 Å². The molecule has 0 aliphatic carbocycles. The summed E-state index contributed by atoms with van der Waals surface area (Å²) in [6.45, 7) is 3.36. The molecule has 0 aromatic heterocycles. The van der Waals surface area contributed by atoms with E-state index in [0.717, 1.165) is 29.3 Å². The van der Waals surface area contributed by atoms with Gasteiger partial charge in [-0.2, -0.15) is 26.3 Å². The van der Waals surface area contributed by atoms with E-state index >= 15 is 0 Å². The van der Waals surface area contributed by atoms with E-state index < -0.39 is 40.5 Å². The third kappa shape index (κ3) is 4.26. The number of likely N-dealkylation sites (tertiary alicyclic amines) is 1. The Labute approximate surface area is 203 Å². The number of rotatable bonds is 1. The molecule has 0 saturated carbocycles. The van der Waals surface area contributed by atoms with Gasteiger partial charge in [-0.15, -0.1) is 0 Å². The van der Waals surface area contributed by atoms with Gasteiger partial charge < -0.3 is 21.3 Å². The molecular weight excluding hydrogens is 490 g/mol. The molecule has 7 nitrogen and oxygen atoms in total. The summed E-state index contributed by atoms with van der Waals surface area (Å²) in [4.78, 5) is 21.2. The number of benzene rings is 1. The average Bonchev–Trinajstić information content (AvgIpc) is 3.18. The van der Waals surface area contributed by atoms with Gasteiger partial charge in [0.05, 0.1) is 22.2 Å². The number of allylic oxidation sites excluding steroid dienone is 3. The lowest BCUT2D eigenvalue weighted by molar-refractivity contribution is -0.137. The van der Waals surface area contributed by atoms with Crippen molar-refractivity contribution in [2.75, 3.05) is 38.1 Å². The standard InChI is InChI=1S/C23H24F6N6O/c1-14-9-15(22(24,25)26)7-8-35(14)18(32-2)19(36)34-12-20(30)10-33(11-21(20,31)13-34)17-6-4-3-5-16(17)23(27,28)29/h3-9H,1,10-13,30-31H2,2H3/t20-,21+. The monoisotopic (exact) mass is 514 g/mol. The fourth-order valence-electron chi connectivity index (χ4n) is 4.89. The lowest BCUT2D eigenvalue weighted by Crippen LogP contribution is -2.64. The molecule has 0 spiro atoms. The van der Waals surface area contributed by atoms with E-state index in [1.54, 1.807) is 0 Å². The first kappa shape index (κ1) is 25.8. The Hall–Kier alpha value is -3.32. The van der Waals surface area contributed by atoms with Crippen LogP contribution in [0.5, 0.6) is 0 Å². The van der Waals surface area contributed by atoms with Crippen LogP contribution in [0.1, 0.15) is 5.56 Å². The number of alkyl halides is 6. The van der Waals surface area contributed by atoms with Crippen LogP contribution in [0.25, 0.3) is 0 Å². The number of fused-ring (bicyclic) bond motifs is 1. The summed E-state index contributed by atoms with van der Waals surface area (Å²) in [5.41, 5.74) is 8.75. The minimum absolute atomic E-state index is 0.0347. The van der Waals surface area contributed by atoms with Crippen molar-refractivity contribution in [3.05, 3.63) is 66.0 Å². The Bertz CT molecular complexity index is 1170. The number of carbonyl (C=O) groups is 1. The van der Waals surface area contributed by atoms with Crippen molar-refractivity contribution in [2.45, 2.75) is 23.4 Å². The van der Waals surface area contributed by atoms with Gasteiger partial charge in [-0.05, 0) is 24.3 Å². The molecule has 4 rings (SSSR count). The number of nitrogens with two attached hydrogens (primary N) is 2. The second kappa shape index (κ2) is 8.37. The van der Waals surface area contributed by atoms with E-state index in [-0.39, 0.29) is 43.4 Å². The van der Waals surface area contributed by atoms with E-state index in [1.165, 1.54) is 35.0 Å². The van der Waals surface area contributed by atoms with Crippen LogP contribution in [0.4, 0.5) is 32.0 Å². The summed E-state index contributed by atoms with van der Waals surface area (Å²) in [6, 6.07) is 5.11. The summed E-state index contributed by atoms with van der Waals surface area (Å²) in [5, 5.41) is 0. The van der Waals surface area contributed by atoms with E-state index in [2.05, 4.69) is 11.6 Å². The lowest BCUT2D eigenvalue weighted by Gasteiger charge is -2.30. The number of nitrogens with zero attached hydrogens (tertiary/aromatic N) is 4. The van der Waals surface area contributed by atoms with Crippen LogP contribution < -0.4 is 16.4 Å². The van der Waals surface area contributed by atoms with Gasteiger partial charge in [-0.3, -0.25) is 14.7 Å². The van der Waals surface area contributed by atoms with Gasteiger partial charge in [0.15, 0.2) is 5.84 Å². The zero-order valence-electron chi connectivity index (χ0n) is 19.2. The van der Waals surface area contributed by atoms with Crippen molar-refractivity contribution >= 4 is 17.4 Å². The highest BCUT2D eigenvalue weighted by atomic mass is 19.4. The zero-order valence-corrected chi connectivity index (χ0v) is 19.2. The number of hydrogen-bond donors (Lipinski definition) is 2. The van der Waals surface area contributed by atoms with Crippen molar-refractivity contribution in [3.63, 3.8) is 0 Å². The van der Waals surface area contributed by atoms with Crippen molar-refractivity contribution in [2.24, 2.45) is 16.5 Å². The molecule has 36 heavy (non-hydrogen) atoms. The molecule has 0 bridgehead atoms. The maximum absolute atomic E-state index is 13.5. The van der Waals surface area contributed by atoms with Crippen LogP contribution in [-0.4, -0.2) is 72.0 Å². The molecule has 2 saturated heterocycles. The van der Waals surface area contributed by atoms with Crippen molar-refractivity contribution in [1.82, 2.24) is 9.80 Å². The molecule has 13 heteroatoms. The molecule has 2 fully saturated rings. The van der Waals surface area contributed by atoms with Crippen molar-refractivity contribution < 1.29 is 31.1 Å². The molecule has 4 N–H and O–H groups in total. The van der Waals surface area contributed by atoms with E-state index in [0.29, 0.717) is 0 Å². The smallest absolute Gasteiger partial charge is 0.367 e. The number of amides is 1. The highest BCUT2D eigenvalue weighted by Crippen LogP contribution is 2.42. The fraction of sp³-hybridized carbons (Fsp3) is 0.391. The lowest BCUT2D eigenvalue weighted by atomic mass is 9.85. The molecule has 1 aromatic carbocycles. The van der Waals surface area contributed by atoms with Gasteiger partial charge in [0, 0.05) is 50.8 Å². The molecule has 1 aromatic rings. The van der Waals surface area contributed by atoms with Crippen LogP contribution >= 0.6 is 0 Å². The van der Waals surface area contributed by atoms with Crippen LogP contribution in [0, 0.1) is 0 Å². The topological polar surface area (TPSA) is 91.2 Å². The SMILES string of the molecule is C=C1C=C(C(F)(F)F)C=CN1C(=NC)C(=O)N1C[C@@]2(N)CN(c3ccccc3C(F)(F)F)C[C@@]2(N)C1. The Kier molecular flexibility index (Phi) is 5.99. The molecule has 0 radical (unpaired) electrons. The Balaban J connectivity index is 1.53. The molecule has 194 valence electrons. The normalized spacial score (nSPS) is 27.0.